The topological polar surface area (TPSA) is 77.6 Å². The molecule has 0 aliphatic heterocycles. The summed E-state index contributed by atoms with van der Waals surface area (Å²) in [4.78, 5) is 21.5. The molecule has 1 aliphatic rings. The van der Waals surface area contributed by atoms with Crippen molar-refractivity contribution in [3.63, 3.8) is 0 Å². The maximum Gasteiger partial charge on any atom is 0.227 e. The van der Waals surface area contributed by atoms with Crippen LogP contribution in [0.15, 0.2) is 67.4 Å². The number of nitrogens with one attached hydrogen (secondary N) is 1. The van der Waals surface area contributed by atoms with Crippen LogP contribution in [0.1, 0.15) is 12.8 Å². The van der Waals surface area contributed by atoms with Crippen LogP contribution in [0.3, 0.4) is 0 Å². The number of aromatic nitrogens is 5. The van der Waals surface area contributed by atoms with Crippen molar-refractivity contribution in [2.75, 3.05) is 5.32 Å². The van der Waals surface area contributed by atoms with Gasteiger partial charge in [-0.25, -0.2) is 18.7 Å². The number of hydrogen-bond acceptors (Lipinski definition) is 4. The summed E-state index contributed by atoms with van der Waals surface area (Å²) < 4.78 is 32.7. The molecule has 5 aromatic rings. The number of carbonyl (C=O) groups is 1. The quantitative estimate of drug-likeness (QED) is 0.387. The van der Waals surface area contributed by atoms with Gasteiger partial charge in [0.2, 0.25) is 5.91 Å². The number of halogens is 2. The van der Waals surface area contributed by atoms with E-state index in [4.69, 9.17) is 0 Å². The van der Waals surface area contributed by atoms with Gasteiger partial charge in [0, 0.05) is 42.2 Å². The molecule has 3 heterocycles. The molecule has 0 atom stereocenters. The Morgan fingerprint density at radius 1 is 1.00 bits per heavy atom. The van der Waals surface area contributed by atoms with Crippen molar-refractivity contribution in [2.45, 2.75) is 12.8 Å². The second-order valence-electron chi connectivity index (χ2n) is 8.71. The van der Waals surface area contributed by atoms with E-state index in [2.05, 4.69) is 20.4 Å². The second kappa shape index (κ2) is 8.12. The molecule has 1 saturated carbocycles. The van der Waals surface area contributed by atoms with Crippen LogP contribution in [0.5, 0.6) is 0 Å². The van der Waals surface area contributed by atoms with Crippen LogP contribution >= 0.6 is 0 Å². The highest BCUT2D eigenvalue weighted by molar-refractivity contribution is 5.95. The molecule has 7 nitrogen and oxygen atoms in total. The second-order valence-corrected chi connectivity index (χ2v) is 8.71. The standard InChI is InChI=1S/C26H20F2N6O/c1-33-13-18(12-31-33)17-9-23-25(29-11-17)34(14-30-23)20-8-16(24-21(27)3-2-4-22(24)28)7-19(10-20)32-26(35)15-5-6-15/h2-4,7-15H,5-6H2,1H3,(H,32,35). The molecule has 1 amide bonds. The Hall–Kier alpha value is -4.40. The number of anilines is 1. The Morgan fingerprint density at radius 2 is 1.80 bits per heavy atom. The van der Waals surface area contributed by atoms with Gasteiger partial charge < -0.3 is 5.32 Å². The number of amides is 1. The molecule has 0 unspecified atom stereocenters. The number of nitrogens with zero attached hydrogens (tertiary/aromatic N) is 5. The number of fused-ring (bicyclic) bond motifs is 1. The molecule has 0 radical (unpaired) electrons. The van der Waals surface area contributed by atoms with Crippen molar-refractivity contribution in [1.82, 2.24) is 24.3 Å². The average molecular weight is 470 g/mol. The zero-order chi connectivity index (χ0) is 24.1. The lowest BCUT2D eigenvalue weighted by Gasteiger charge is -2.13. The number of carbonyl (C=O) groups excluding carboxylic acids is 1. The van der Waals surface area contributed by atoms with E-state index in [0.29, 0.717) is 28.1 Å². The number of imidazole rings is 1. The first kappa shape index (κ1) is 21.2. The molecule has 0 bridgehead atoms. The van der Waals surface area contributed by atoms with Gasteiger partial charge >= 0.3 is 0 Å². The van der Waals surface area contributed by atoms with Crippen molar-refractivity contribution in [1.29, 1.82) is 0 Å². The van der Waals surface area contributed by atoms with E-state index in [1.807, 2.05) is 19.3 Å². The monoisotopic (exact) mass is 470 g/mol. The summed E-state index contributed by atoms with van der Waals surface area (Å²) in [5.74, 6) is -1.49. The van der Waals surface area contributed by atoms with E-state index in [1.165, 1.54) is 18.2 Å². The van der Waals surface area contributed by atoms with Crippen molar-refractivity contribution in [3.05, 3.63) is 79.0 Å². The Bertz CT molecular complexity index is 1580. The first-order chi connectivity index (χ1) is 17.0. The van der Waals surface area contributed by atoms with E-state index >= 15 is 0 Å². The van der Waals surface area contributed by atoms with Gasteiger partial charge in [-0.3, -0.25) is 14.0 Å². The normalized spacial score (nSPS) is 13.3. The zero-order valence-electron chi connectivity index (χ0n) is 18.7. The molecular weight excluding hydrogens is 450 g/mol. The van der Waals surface area contributed by atoms with Crippen LogP contribution in [0.25, 0.3) is 39.1 Å². The Morgan fingerprint density at radius 3 is 2.51 bits per heavy atom. The van der Waals surface area contributed by atoms with E-state index in [0.717, 1.165) is 24.0 Å². The maximum absolute atomic E-state index is 14.6. The van der Waals surface area contributed by atoms with Crippen LogP contribution in [0.4, 0.5) is 14.5 Å². The maximum atomic E-state index is 14.6. The number of rotatable bonds is 5. The lowest BCUT2D eigenvalue weighted by molar-refractivity contribution is -0.117. The summed E-state index contributed by atoms with van der Waals surface area (Å²) in [5.41, 5.74) is 4.17. The number of aryl methyl sites for hydroxylation is 1. The fourth-order valence-corrected chi connectivity index (χ4v) is 4.15. The van der Waals surface area contributed by atoms with Gasteiger partial charge in [0.05, 0.1) is 17.4 Å². The smallest absolute Gasteiger partial charge is 0.227 e. The molecule has 2 aromatic carbocycles. The average Bonchev–Trinajstić information content (AvgIpc) is 3.47. The highest BCUT2D eigenvalue weighted by atomic mass is 19.1. The molecule has 0 saturated heterocycles. The highest BCUT2D eigenvalue weighted by Crippen LogP contribution is 2.34. The minimum atomic E-state index is -0.684. The summed E-state index contributed by atoms with van der Waals surface area (Å²) in [6, 6.07) is 10.6. The van der Waals surface area contributed by atoms with Crippen molar-refractivity contribution in [2.24, 2.45) is 13.0 Å². The number of hydrogen-bond donors (Lipinski definition) is 1. The number of benzene rings is 2. The van der Waals surface area contributed by atoms with Gasteiger partial charge in [-0.2, -0.15) is 5.10 Å². The van der Waals surface area contributed by atoms with E-state index in [9.17, 15) is 13.6 Å². The molecule has 174 valence electrons. The molecule has 35 heavy (non-hydrogen) atoms. The summed E-state index contributed by atoms with van der Waals surface area (Å²) in [6.45, 7) is 0. The lowest BCUT2D eigenvalue weighted by atomic mass is 10.0. The third-order valence-corrected chi connectivity index (χ3v) is 6.09. The van der Waals surface area contributed by atoms with E-state index < -0.39 is 11.6 Å². The molecule has 9 heteroatoms. The first-order valence-corrected chi connectivity index (χ1v) is 11.2. The van der Waals surface area contributed by atoms with Crippen molar-refractivity contribution >= 4 is 22.8 Å². The summed E-state index contributed by atoms with van der Waals surface area (Å²) in [6.07, 6.45) is 8.66. The van der Waals surface area contributed by atoms with Crippen LogP contribution in [0, 0.1) is 17.6 Å². The largest absolute Gasteiger partial charge is 0.326 e. The molecule has 1 aliphatic carbocycles. The van der Waals surface area contributed by atoms with E-state index in [-0.39, 0.29) is 17.4 Å². The van der Waals surface area contributed by atoms with Crippen LogP contribution in [-0.4, -0.2) is 30.2 Å². The van der Waals surface area contributed by atoms with Gasteiger partial charge in [0.15, 0.2) is 5.65 Å². The molecule has 0 spiro atoms. The predicted molar refractivity (Wildman–Crippen MR) is 128 cm³/mol. The van der Waals surface area contributed by atoms with Gasteiger partial charge in [-0.05, 0) is 54.8 Å². The molecular formula is C26H20F2N6O. The SMILES string of the molecule is Cn1cc(-c2cnc3c(c2)ncn3-c2cc(NC(=O)C3CC3)cc(-c3c(F)cccc3F)c2)cn1. The van der Waals surface area contributed by atoms with Crippen LogP contribution in [0.2, 0.25) is 0 Å². The summed E-state index contributed by atoms with van der Waals surface area (Å²) in [7, 11) is 1.84. The fraction of sp³-hybridized carbons (Fsp3) is 0.154. The molecule has 3 aromatic heterocycles. The minimum Gasteiger partial charge on any atom is -0.326 e. The van der Waals surface area contributed by atoms with Crippen molar-refractivity contribution < 1.29 is 13.6 Å². The van der Waals surface area contributed by atoms with E-state index in [1.54, 1.807) is 46.2 Å². The number of pyridine rings is 1. The fourth-order valence-electron chi connectivity index (χ4n) is 4.15. The summed E-state index contributed by atoms with van der Waals surface area (Å²) in [5, 5.41) is 7.09. The van der Waals surface area contributed by atoms with Gasteiger partial charge in [0.25, 0.3) is 0 Å². The lowest BCUT2D eigenvalue weighted by Crippen LogP contribution is -2.13. The minimum absolute atomic E-state index is 0.0195. The Balaban J connectivity index is 1.47. The van der Waals surface area contributed by atoms with Gasteiger partial charge in [-0.1, -0.05) is 6.07 Å². The highest BCUT2D eigenvalue weighted by Gasteiger charge is 2.29. The zero-order valence-corrected chi connectivity index (χ0v) is 18.7. The molecule has 6 rings (SSSR count). The van der Waals surface area contributed by atoms with Gasteiger partial charge in [-0.15, -0.1) is 0 Å². The first-order valence-electron chi connectivity index (χ1n) is 11.2. The molecule has 1 N–H and O–H groups in total. The predicted octanol–water partition coefficient (Wildman–Crippen LogP) is 5.11. The molecule has 1 fully saturated rings. The van der Waals surface area contributed by atoms with Crippen LogP contribution < -0.4 is 5.32 Å². The van der Waals surface area contributed by atoms with Crippen LogP contribution in [-0.2, 0) is 11.8 Å². The van der Waals surface area contributed by atoms with Crippen molar-refractivity contribution in [3.8, 4) is 27.9 Å². The van der Waals surface area contributed by atoms with Gasteiger partial charge in [0.1, 0.15) is 23.5 Å². The third-order valence-electron chi connectivity index (χ3n) is 6.09. The summed E-state index contributed by atoms with van der Waals surface area (Å²) >= 11 is 0. The Labute approximate surface area is 199 Å². The third kappa shape index (κ3) is 3.95. The Kier molecular flexibility index (Phi) is 4.91.